The zero-order chi connectivity index (χ0) is 28.1. The second-order valence-corrected chi connectivity index (χ2v) is 10.3. The molecule has 1 N–H and O–H groups in total. The van der Waals surface area contributed by atoms with E-state index in [9.17, 15) is 27.6 Å². The number of hydrogen-bond donors (Lipinski definition) is 1. The van der Waals surface area contributed by atoms with E-state index in [-0.39, 0.29) is 29.6 Å². The number of hydrogen-bond acceptors (Lipinski definition) is 7. The molecule has 1 aromatic rings. The molecule has 4 aliphatic rings. The summed E-state index contributed by atoms with van der Waals surface area (Å²) in [7, 11) is 0. The van der Waals surface area contributed by atoms with E-state index >= 15 is 0 Å². The molecule has 0 spiro atoms. The maximum Gasteiger partial charge on any atom is 0.573 e. The number of halogens is 3. The number of allylic oxidation sites excluding steroid dienone is 1. The molecule has 1 unspecified atom stereocenters. The first-order valence-electron chi connectivity index (χ1n) is 12.2. The Morgan fingerprint density at radius 1 is 1.21 bits per heavy atom. The van der Waals surface area contributed by atoms with Crippen LogP contribution in [0.1, 0.15) is 45.6 Å². The summed E-state index contributed by atoms with van der Waals surface area (Å²) in [6.07, 6.45) is -0.412. The van der Waals surface area contributed by atoms with Gasteiger partial charge in [-0.25, -0.2) is 14.8 Å². The molecule has 204 valence electrons. The van der Waals surface area contributed by atoms with Crippen molar-refractivity contribution in [3.8, 4) is 5.75 Å². The van der Waals surface area contributed by atoms with Crippen LogP contribution >= 0.6 is 0 Å². The van der Waals surface area contributed by atoms with Gasteiger partial charge in [0, 0.05) is 23.3 Å². The van der Waals surface area contributed by atoms with Gasteiger partial charge in [0.2, 0.25) is 17.5 Å². The molecule has 3 amide bonds. The Morgan fingerprint density at radius 3 is 2.56 bits per heavy atom. The van der Waals surface area contributed by atoms with Gasteiger partial charge in [0.15, 0.2) is 6.20 Å². The van der Waals surface area contributed by atoms with Crippen LogP contribution in [0, 0.1) is 0 Å². The third kappa shape index (κ3) is 5.91. The van der Waals surface area contributed by atoms with E-state index in [2.05, 4.69) is 20.0 Å². The van der Waals surface area contributed by atoms with Crippen LogP contribution in [-0.4, -0.2) is 69.3 Å². The van der Waals surface area contributed by atoms with E-state index in [1.807, 2.05) is 0 Å². The summed E-state index contributed by atoms with van der Waals surface area (Å²) in [5, 5.41) is 2.22. The lowest BCUT2D eigenvalue weighted by Crippen LogP contribution is -2.49. The number of aliphatic imine (C=N–C) groups is 2. The zero-order valence-corrected chi connectivity index (χ0v) is 21.3. The molecule has 1 aromatic carbocycles. The van der Waals surface area contributed by atoms with E-state index in [1.165, 1.54) is 35.4 Å². The molecule has 5 rings (SSSR count). The molecule has 1 aliphatic carbocycles. The molecule has 10 nitrogen and oxygen atoms in total. The van der Waals surface area contributed by atoms with E-state index in [0.717, 1.165) is 0 Å². The van der Waals surface area contributed by atoms with Crippen LogP contribution in [0.5, 0.6) is 5.75 Å². The predicted octanol–water partition coefficient (Wildman–Crippen LogP) is 3.53. The third-order valence-corrected chi connectivity index (χ3v) is 5.97. The predicted molar refractivity (Wildman–Crippen MR) is 133 cm³/mol. The maximum atomic E-state index is 13.3. The summed E-state index contributed by atoms with van der Waals surface area (Å²) < 4.78 is 50.0. The first kappa shape index (κ1) is 26.3. The average molecular weight is 545 g/mol. The standard InChI is InChI=1S/C26H24F3N5O5/c1-25(2,3)39-24(37)34(16-7-8-16)22-21-30-12-17(9-15-11-20(35)32-23(15)36)33(21)13-19(31-22)14-5-4-6-18(10-14)38-26(27,28)29/h4-6,9-10,12-13,16,21H,7-8,11H2,1-3H3/p+1/b15-9+. The van der Waals surface area contributed by atoms with Crippen molar-refractivity contribution in [2.24, 2.45) is 9.98 Å². The molecule has 13 heteroatoms. The number of alkyl halides is 3. The monoisotopic (exact) mass is 544 g/mol. The number of nitrogens with one attached hydrogen (secondary N) is 1. The number of amidine groups is 1. The Bertz CT molecular complexity index is 1410. The lowest BCUT2D eigenvalue weighted by atomic mass is 10.1. The van der Waals surface area contributed by atoms with Crippen LogP contribution in [0.3, 0.4) is 0 Å². The lowest BCUT2D eigenvalue weighted by molar-refractivity contribution is -0.473. The number of carbonyl (C=O) groups excluding carboxylic acids is 3. The number of ether oxygens (including phenoxy) is 2. The lowest BCUT2D eigenvalue weighted by Gasteiger charge is -2.29. The quantitative estimate of drug-likeness (QED) is 0.354. The summed E-state index contributed by atoms with van der Waals surface area (Å²) in [6.45, 7) is 5.21. The zero-order valence-electron chi connectivity index (χ0n) is 21.3. The minimum absolute atomic E-state index is 0.102. The molecular weight excluding hydrogens is 519 g/mol. The van der Waals surface area contributed by atoms with Crippen molar-refractivity contribution in [3.05, 3.63) is 47.7 Å². The number of nitrogens with zero attached hydrogens (tertiary/aromatic N) is 4. The van der Waals surface area contributed by atoms with Crippen molar-refractivity contribution in [1.29, 1.82) is 0 Å². The highest BCUT2D eigenvalue weighted by Gasteiger charge is 2.47. The fourth-order valence-electron chi connectivity index (χ4n) is 4.26. The van der Waals surface area contributed by atoms with Crippen LogP contribution in [0.4, 0.5) is 18.0 Å². The molecule has 0 aromatic heterocycles. The van der Waals surface area contributed by atoms with Gasteiger partial charge in [-0.2, -0.15) is 4.58 Å². The minimum atomic E-state index is -4.88. The number of rotatable bonds is 4. The van der Waals surface area contributed by atoms with Gasteiger partial charge in [-0.3, -0.25) is 19.8 Å². The van der Waals surface area contributed by atoms with Gasteiger partial charge in [-0.15, -0.1) is 13.2 Å². The topological polar surface area (TPSA) is 113 Å². The first-order chi connectivity index (χ1) is 18.3. The van der Waals surface area contributed by atoms with Crippen molar-refractivity contribution in [2.45, 2.75) is 64.2 Å². The molecule has 2 fully saturated rings. The fraction of sp³-hybridized carbons (Fsp3) is 0.385. The molecule has 1 saturated carbocycles. The molecule has 1 saturated heterocycles. The highest BCUT2D eigenvalue weighted by molar-refractivity contribution is 6.36. The van der Waals surface area contributed by atoms with Gasteiger partial charge in [-0.1, -0.05) is 12.1 Å². The van der Waals surface area contributed by atoms with E-state index < -0.39 is 41.8 Å². The van der Waals surface area contributed by atoms with Crippen LogP contribution in [0.2, 0.25) is 0 Å². The van der Waals surface area contributed by atoms with Crippen LogP contribution in [-0.2, 0) is 14.3 Å². The largest absolute Gasteiger partial charge is 0.573 e. The Kier molecular flexibility index (Phi) is 6.39. The number of imide groups is 1. The van der Waals surface area contributed by atoms with Gasteiger partial charge in [0.05, 0.1) is 6.42 Å². The second-order valence-electron chi connectivity index (χ2n) is 10.3. The van der Waals surface area contributed by atoms with Crippen LogP contribution in [0.25, 0.3) is 5.70 Å². The van der Waals surface area contributed by atoms with E-state index in [4.69, 9.17) is 4.74 Å². The van der Waals surface area contributed by atoms with Gasteiger partial charge in [-0.05, 0) is 45.7 Å². The normalized spacial score (nSPS) is 22.0. The highest BCUT2D eigenvalue weighted by Crippen LogP contribution is 2.34. The van der Waals surface area contributed by atoms with Gasteiger partial charge in [0.1, 0.15) is 23.3 Å². The van der Waals surface area contributed by atoms with Crippen molar-refractivity contribution < 1.29 is 41.6 Å². The summed E-state index contributed by atoms with van der Waals surface area (Å²) in [5.74, 6) is -1.16. The number of fused-ring (bicyclic) bond motifs is 1. The van der Waals surface area contributed by atoms with E-state index in [0.29, 0.717) is 24.1 Å². The van der Waals surface area contributed by atoms with Crippen LogP contribution in [0.15, 0.2) is 52.1 Å². The molecule has 0 radical (unpaired) electrons. The summed E-state index contributed by atoms with van der Waals surface area (Å²) >= 11 is 0. The Morgan fingerprint density at radius 2 is 1.95 bits per heavy atom. The van der Waals surface area contributed by atoms with Gasteiger partial charge >= 0.3 is 18.6 Å². The summed E-state index contributed by atoms with van der Waals surface area (Å²) in [5.41, 5.74) is 0.404. The van der Waals surface area contributed by atoms with Crippen LogP contribution < -0.4 is 10.1 Å². The van der Waals surface area contributed by atoms with E-state index in [1.54, 1.807) is 37.6 Å². The number of carbonyl (C=O) groups is 3. The summed E-state index contributed by atoms with van der Waals surface area (Å²) in [6, 6.07) is 5.13. The number of benzene rings is 1. The van der Waals surface area contributed by atoms with Crippen molar-refractivity contribution in [1.82, 2.24) is 10.2 Å². The SMILES string of the molecule is CC(C)(C)OC(=O)N(C1=NC(c2cccc(OC(F)(F)F)c2)=C[N+]2=C(/C=C3\CC(=O)NC3=O)C=NC12)C1CC1. The minimum Gasteiger partial charge on any atom is -0.443 e. The molecular formula is C26H25F3N5O5+. The van der Waals surface area contributed by atoms with Crippen molar-refractivity contribution in [2.75, 3.05) is 0 Å². The van der Waals surface area contributed by atoms with Gasteiger partial charge < -0.3 is 9.47 Å². The van der Waals surface area contributed by atoms with Gasteiger partial charge in [0.25, 0.3) is 5.91 Å². The molecule has 3 heterocycles. The maximum absolute atomic E-state index is 13.3. The number of amides is 3. The van der Waals surface area contributed by atoms with Crippen molar-refractivity contribution >= 4 is 41.4 Å². The average Bonchev–Trinajstić information content (AvgIpc) is 3.47. The first-order valence-corrected chi connectivity index (χ1v) is 12.2. The Labute approximate surface area is 221 Å². The highest BCUT2D eigenvalue weighted by atomic mass is 19.4. The molecule has 3 aliphatic heterocycles. The molecule has 39 heavy (non-hydrogen) atoms. The Balaban J connectivity index is 1.61. The third-order valence-electron chi connectivity index (χ3n) is 5.97. The smallest absolute Gasteiger partial charge is 0.443 e. The second kappa shape index (κ2) is 9.47. The Hall–Kier alpha value is -4.29. The molecule has 1 atom stereocenters. The van der Waals surface area contributed by atoms with Crippen molar-refractivity contribution in [3.63, 3.8) is 0 Å². The summed E-state index contributed by atoms with van der Waals surface area (Å²) in [4.78, 5) is 47.8. The molecule has 0 bridgehead atoms. The fourth-order valence-corrected chi connectivity index (χ4v) is 4.26.